The second-order valence-corrected chi connectivity index (χ2v) is 8.17. The highest BCUT2D eigenvalue weighted by Gasteiger charge is 2.28. The van der Waals surface area contributed by atoms with Crippen LogP contribution in [0.15, 0.2) is 0 Å². The fourth-order valence-electron chi connectivity index (χ4n) is 0.112. The number of thiol groups is 1. The Morgan fingerprint density at radius 1 is 1.22 bits per heavy atom. The summed E-state index contributed by atoms with van der Waals surface area (Å²) in [4.78, 5) is -0.0733. The second-order valence-electron chi connectivity index (χ2n) is 3.33. The van der Waals surface area contributed by atoms with Crippen molar-refractivity contribution in [3.8, 4) is 0 Å². The monoisotopic (exact) mass is 168 g/mol. The van der Waals surface area contributed by atoms with Gasteiger partial charge in [-0.3, -0.25) is 0 Å². The maximum absolute atomic E-state index is 5.03. The van der Waals surface area contributed by atoms with E-state index in [1.165, 1.54) is 0 Å². The van der Waals surface area contributed by atoms with Crippen molar-refractivity contribution in [1.82, 2.24) is 0 Å². The first-order chi connectivity index (χ1) is 3.81. The molecule has 0 amide bonds. The highest BCUT2D eigenvalue weighted by molar-refractivity contribution is 8.33. The van der Waals surface area contributed by atoms with Gasteiger partial charge in [-0.1, -0.05) is 0 Å². The molecule has 0 heterocycles. The third-order valence-electron chi connectivity index (χ3n) is 1.69. The minimum absolute atomic E-state index is 0.0733. The predicted octanol–water partition coefficient (Wildman–Crippen LogP) is 2.28. The molecule has 0 spiro atoms. The predicted molar refractivity (Wildman–Crippen MR) is 49.5 cm³/mol. The number of hydrogen-bond donors (Lipinski definition) is 1. The summed E-state index contributed by atoms with van der Waals surface area (Å²) < 4.78 is 5.03. The molecule has 0 bridgehead atoms. The molecule has 9 heavy (non-hydrogen) atoms. The molecule has 0 unspecified atom stereocenters. The summed E-state index contributed by atoms with van der Waals surface area (Å²) in [5, 5.41) is 0. The van der Waals surface area contributed by atoms with Crippen LogP contribution >= 0.6 is 22.9 Å². The summed E-state index contributed by atoms with van der Waals surface area (Å²) in [6.45, 7) is 4.13. The van der Waals surface area contributed by atoms with Crippen molar-refractivity contribution < 1.29 is 4.18 Å². The number of hydrogen-bond acceptors (Lipinski definition) is 2. The van der Waals surface area contributed by atoms with Crippen molar-refractivity contribution >= 4 is 22.9 Å². The first-order valence-corrected chi connectivity index (χ1v) is 6.04. The molecule has 0 aromatic carbocycles. The van der Waals surface area contributed by atoms with E-state index >= 15 is 0 Å². The lowest BCUT2D eigenvalue weighted by Gasteiger charge is -2.41. The van der Waals surface area contributed by atoms with E-state index in [-0.39, 0.29) is 4.93 Å². The minimum Gasteiger partial charge on any atom is -0.303 e. The lowest BCUT2D eigenvalue weighted by Crippen LogP contribution is -2.26. The summed E-state index contributed by atoms with van der Waals surface area (Å²) in [6.07, 6.45) is 6.63. The average molecular weight is 168 g/mol. The lowest BCUT2D eigenvalue weighted by molar-refractivity contribution is 0.251. The van der Waals surface area contributed by atoms with Crippen LogP contribution in [-0.2, 0) is 4.18 Å². The van der Waals surface area contributed by atoms with Crippen LogP contribution in [0.25, 0.3) is 0 Å². The van der Waals surface area contributed by atoms with Crippen molar-refractivity contribution in [2.75, 3.05) is 18.8 Å². The fraction of sp³-hybridized carbons (Fsp3) is 1.00. The topological polar surface area (TPSA) is 9.23 Å². The van der Waals surface area contributed by atoms with E-state index in [4.69, 9.17) is 4.18 Å². The van der Waals surface area contributed by atoms with Gasteiger partial charge in [-0.05, 0) is 45.5 Å². The smallest absolute Gasteiger partial charge is 0.106 e. The maximum atomic E-state index is 5.03. The van der Waals surface area contributed by atoms with Gasteiger partial charge in [0.25, 0.3) is 0 Å². The first-order valence-electron chi connectivity index (χ1n) is 2.82. The largest absolute Gasteiger partial charge is 0.303 e. The van der Waals surface area contributed by atoms with Crippen molar-refractivity contribution in [2.45, 2.75) is 18.8 Å². The normalized spacial score (nSPS) is 15.8. The molecular formula is C6H16OS2. The van der Waals surface area contributed by atoms with Crippen LogP contribution in [0.4, 0.5) is 0 Å². The molecule has 0 aromatic heterocycles. The summed E-state index contributed by atoms with van der Waals surface area (Å²) in [7, 11) is -0.651. The molecule has 0 atom stereocenters. The van der Waals surface area contributed by atoms with Gasteiger partial charge >= 0.3 is 0 Å². The van der Waals surface area contributed by atoms with Crippen LogP contribution in [0.3, 0.4) is 0 Å². The van der Waals surface area contributed by atoms with E-state index in [1.807, 2.05) is 0 Å². The Morgan fingerprint density at radius 2 is 1.56 bits per heavy atom. The Bertz CT molecular complexity index is 93.7. The summed E-state index contributed by atoms with van der Waals surface area (Å²) >= 11 is 3.82. The zero-order valence-electron chi connectivity index (χ0n) is 6.76. The van der Waals surface area contributed by atoms with Crippen LogP contribution < -0.4 is 0 Å². The van der Waals surface area contributed by atoms with Crippen LogP contribution in [0.1, 0.15) is 13.8 Å². The molecule has 0 aliphatic carbocycles. The fourth-order valence-corrected chi connectivity index (χ4v) is 1.01. The van der Waals surface area contributed by atoms with E-state index in [0.717, 1.165) is 0 Å². The van der Waals surface area contributed by atoms with Gasteiger partial charge in [0, 0.05) is 0 Å². The molecule has 0 aromatic rings. The SMILES string of the molecule is CC(C)(OS)S(C)(C)C. The van der Waals surface area contributed by atoms with Gasteiger partial charge in [0.05, 0.1) is 0 Å². The molecule has 3 heteroatoms. The zero-order chi connectivity index (χ0) is 7.71. The molecule has 0 rings (SSSR count). The van der Waals surface area contributed by atoms with Crippen LogP contribution in [0.2, 0.25) is 0 Å². The summed E-state index contributed by atoms with van der Waals surface area (Å²) in [6, 6.07) is 0. The molecule has 0 aliphatic rings. The molecule has 0 aliphatic heterocycles. The maximum Gasteiger partial charge on any atom is 0.106 e. The van der Waals surface area contributed by atoms with Crippen molar-refractivity contribution in [3.63, 3.8) is 0 Å². The quantitative estimate of drug-likeness (QED) is 0.491. The van der Waals surface area contributed by atoms with Gasteiger partial charge in [0.15, 0.2) is 0 Å². The first kappa shape index (κ1) is 9.66. The molecule has 0 fully saturated rings. The molecule has 0 N–H and O–H groups in total. The summed E-state index contributed by atoms with van der Waals surface area (Å²) in [5.41, 5.74) is 0. The molecule has 0 saturated heterocycles. The van der Waals surface area contributed by atoms with E-state index in [0.29, 0.717) is 0 Å². The standard InChI is InChI=1S/C6H16OS2/c1-6(2,7-8)9(3,4)5/h8H,1-5H3. The van der Waals surface area contributed by atoms with Gasteiger partial charge in [-0.15, -0.1) is 0 Å². The Morgan fingerprint density at radius 3 is 1.56 bits per heavy atom. The highest BCUT2D eigenvalue weighted by atomic mass is 32.3. The Balaban J connectivity index is 4.14. The van der Waals surface area contributed by atoms with Crippen LogP contribution in [0, 0.1) is 0 Å². The van der Waals surface area contributed by atoms with E-state index < -0.39 is 10.0 Å². The van der Waals surface area contributed by atoms with Gasteiger partial charge in [-0.25, -0.2) is 10.0 Å². The van der Waals surface area contributed by atoms with Crippen LogP contribution in [0.5, 0.6) is 0 Å². The third-order valence-corrected chi connectivity index (χ3v) is 5.31. The van der Waals surface area contributed by atoms with Gasteiger partial charge in [0.2, 0.25) is 0 Å². The van der Waals surface area contributed by atoms with Crippen LogP contribution in [-0.4, -0.2) is 23.7 Å². The van der Waals surface area contributed by atoms with Gasteiger partial charge in [-0.2, -0.15) is 0 Å². The third kappa shape index (κ3) is 2.40. The average Bonchev–Trinajstić information content (AvgIpc) is 1.64. The minimum atomic E-state index is -0.651. The highest BCUT2D eigenvalue weighted by Crippen LogP contribution is 2.50. The second kappa shape index (κ2) is 2.72. The zero-order valence-corrected chi connectivity index (χ0v) is 8.47. The molecule has 0 radical (unpaired) electrons. The molecule has 0 saturated carbocycles. The van der Waals surface area contributed by atoms with E-state index in [2.05, 4.69) is 45.5 Å². The van der Waals surface area contributed by atoms with Gasteiger partial charge < -0.3 is 4.18 Å². The van der Waals surface area contributed by atoms with E-state index in [1.54, 1.807) is 0 Å². The molecule has 1 nitrogen and oxygen atoms in total. The number of rotatable bonds is 2. The Hall–Kier alpha value is 0.660. The summed E-state index contributed by atoms with van der Waals surface area (Å²) in [5.74, 6) is 0. The Kier molecular flexibility index (Phi) is 2.92. The lowest BCUT2D eigenvalue weighted by atomic mass is 10.5. The van der Waals surface area contributed by atoms with E-state index in [9.17, 15) is 0 Å². The van der Waals surface area contributed by atoms with Crippen molar-refractivity contribution in [1.29, 1.82) is 0 Å². The molecular weight excluding hydrogens is 152 g/mol. The Labute approximate surface area is 65.1 Å². The van der Waals surface area contributed by atoms with Crippen molar-refractivity contribution in [3.05, 3.63) is 0 Å². The molecule has 58 valence electrons. The van der Waals surface area contributed by atoms with Crippen molar-refractivity contribution in [2.24, 2.45) is 0 Å². The van der Waals surface area contributed by atoms with Gasteiger partial charge in [0.1, 0.15) is 4.93 Å².